The van der Waals surface area contributed by atoms with Crippen LogP contribution in [0, 0.1) is 17.8 Å². The van der Waals surface area contributed by atoms with Crippen molar-refractivity contribution >= 4 is 11.9 Å². The maximum atomic E-state index is 12.8. The zero-order valence-electron chi connectivity index (χ0n) is 11.8. The van der Waals surface area contributed by atoms with Crippen molar-refractivity contribution in [2.45, 2.75) is 19.0 Å². The molecule has 2 rings (SSSR count). The van der Waals surface area contributed by atoms with E-state index in [1.807, 2.05) is 0 Å². The van der Waals surface area contributed by atoms with Crippen LogP contribution in [0.5, 0.6) is 0 Å². The number of nitrogens with zero attached hydrogens (tertiary/aromatic N) is 2. The number of hydrogen-bond acceptors (Lipinski definition) is 3. The average Bonchev–Trinajstić information content (AvgIpc) is 3.04. The summed E-state index contributed by atoms with van der Waals surface area (Å²) < 4.78 is 38.5. The van der Waals surface area contributed by atoms with Gasteiger partial charge in [-0.1, -0.05) is 0 Å². The first-order valence-corrected chi connectivity index (χ1v) is 6.94. The number of hydrogen-bond donors (Lipinski definition) is 1. The molecule has 2 fully saturated rings. The monoisotopic (exact) mass is 308 g/mol. The lowest BCUT2D eigenvalue weighted by molar-refractivity contribution is -0.188. The SMILES string of the molecule is CN(CC1CC1)C(=O)CN1C[C@@H](C(F)(F)F)[C@H](C(=O)O)C1. The Morgan fingerprint density at radius 3 is 2.33 bits per heavy atom. The number of amides is 1. The summed E-state index contributed by atoms with van der Waals surface area (Å²) in [5.41, 5.74) is 0. The first kappa shape index (κ1) is 16.1. The summed E-state index contributed by atoms with van der Waals surface area (Å²) >= 11 is 0. The number of carboxylic acids is 1. The highest BCUT2D eigenvalue weighted by Gasteiger charge is 2.52. The number of carbonyl (C=O) groups excluding carboxylic acids is 1. The maximum Gasteiger partial charge on any atom is 0.393 e. The normalized spacial score (nSPS) is 26.9. The standard InChI is InChI=1S/C13H19F3N2O3/c1-17(4-8-2-3-8)11(19)7-18-5-9(12(20)21)10(6-18)13(14,15)16/h8-10H,2-7H2,1H3,(H,20,21)/t9-,10-/m1/s1. The van der Waals surface area contributed by atoms with Crippen molar-refractivity contribution in [1.29, 1.82) is 0 Å². The summed E-state index contributed by atoms with van der Waals surface area (Å²) in [4.78, 5) is 25.7. The Bertz CT molecular complexity index is 423. The third kappa shape index (κ3) is 4.09. The van der Waals surface area contributed by atoms with E-state index < -0.39 is 30.5 Å². The molecule has 1 aliphatic carbocycles. The summed E-state index contributed by atoms with van der Waals surface area (Å²) in [5, 5.41) is 8.91. The molecule has 0 unspecified atom stereocenters. The second kappa shape index (κ2) is 5.82. The molecule has 1 heterocycles. The molecule has 21 heavy (non-hydrogen) atoms. The van der Waals surface area contributed by atoms with Crippen molar-refractivity contribution in [3.63, 3.8) is 0 Å². The Kier molecular flexibility index (Phi) is 4.46. The summed E-state index contributed by atoms with van der Waals surface area (Å²) in [6.07, 6.45) is -2.39. The molecule has 2 aliphatic rings. The molecule has 1 aliphatic heterocycles. The fraction of sp³-hybridized carbons (Fsp3) is 0.846. The molecule has 0 aromatic carbocycles. The van der Waals surface area contributed by atoms with Gasteiger partial charge in [0.25, 0.3) is 0 Å². The van der Waals surface area contributed by atoms with E-state index in [2.05, 4.69) is 0 Å². The lowest BCUT2D eigenvalue weighted by Gasteiger charge is -2.21. The van der Waals surface area contributed by atoms with Gasteiger partial charge in [0.1, 0.15) is 0 Å². The fourth-order valence-corrected chi connectivity index (χ4v) is 2.70. The van der Waals surface area contributed by atoms with Gasteiger partial charge in [-0.05, 0) is 18.8 Å². The molecular weight excluding hydrogens is 289 g/mol. The van der Waals surface area contributed by atoms with Crippen LogP contribution in [0.1, 0.15) is 12.8 Å². The van der Waals surface area contributed by atoms with Gasteiger partial charge >= 0.3 is 12.1 Å². The van der Waals surface area contributed by atoms with Gasteiger partial charge < -0.3 is 10.0 Å². The fourth-order valence-electron chi connectivity index (χ4n) is 2.70. The van der Waals surface area contributed by atoms with Crippen molar-refractivity contribution in [3.8, 4) is 0 Å². The van der Waals surface area contributed by atoms with Crippen LogP contribution >= 0.6 is 0 Å². The zero-order valence-corrected chi connectivity index (χ0v) is 11.8. The summed E-state index contributed by atoms with van der Waals surface area (Å²) in [7, 11) is 1.63. The predicted octanol–water partition coefficient (Wildman–Crippen LogP) is 1.05. The molecule has 120 valence electrons. The zero-order chi connectivity index (χ0) is 15.8. The Balaban J connectivity index is 1.92. The van der Waals surface area contributed by atoms with Crippen molar-refractivity contribution in [2.75, 3.05) is 33.2 Å². The maximum absolute atomic E-state index is 12.8. The number of aliphatic carboxylic acids is 1. The van der Waals surface area contributed by atoms with E-state index in [0.29, 0.717) is 12.5 Å². The molecule has 0 spiro atoms. The molecule has 5 nitrogen and oxygen atoms in total. The van der Waals surface area contributed by atoms with E-state index in [1.165, 1.54) is 9.80 Å². The van der Waals surface area contributed by atoms with Crippen LogP contribution in [-0.4, -0.2) is 66.2 Å². The first-order chi connectivity index (χ1) is 9.68. The second-order valence-electron chi connectivity index (χ2n) is 6.00. The van der Waals surface area contributed by atoms with Gasteiger partial charge in [-0.2, -0.15) is 13.2 Å². The minimum Gasteiger partial charge on any atom is -0.481 e. The molecule has 1 N–H and O–H groups in total. The third-order valence-electron chi connectivity index (χ3n) is 4.15. The minimum atomic E-state index is -4.55. The van der Waals surface area contributed by atoms with Crippen LogP contribution in [0.3, 0.4) is 0 Å². The van der Waals surface area contributed by atoms with Crippen LogP contribution in [0.2, 0.25) is 0 Å². The highest BCUT2D eigenvalue weighted by molar-refractivity contribution is 5.78. The number of carboxylic acid groups (broad SMARTS) is 1. The number of halogens is 3. The molecule has 1 saturated carbocycles. The molecule has 0 bridgehead atoms. The molecule has 0 radical (unpaired) electrons. The van der Waals surface area contributed by atoms with Crippen molar-refractivity contribution in [3.05, 3.63) is 0 Å². The van der Waals surface area contributed by atoms with Crippen molar-refractivity contribution in [2.24, 2.45) is 17.8 Å². The Hall–Kier alpha value is -1.31. The van der Waals surface area contributed by atoms with Crippen LogP contribution in [0.25, 0.3) is 0 Å². The number of likely N-dealkylation sites (tertiary alicyclic amines) is 1. The molecule has 1 amide bonds. The Morgan fingerprint density at radius 1 is 1.29 bits per heavy atom. The van der Waals surface area contributed by atoms with E-state index in [0.717, 1.165) is 12.8 Å². The smallest absolute Gasteiger partial charge is 0.393 e. The predicted molar refractivity (Wildman–Crippen MR) is 67.5 cm³/mol. The number of likely N-dealkylation sites (N-methyl/N-ethyl adjacent to an activating group) is 1. The largest absolute Gasteiger partial charge is 0.481 e. The van der Waals surface area contributed by atoms with Gasteiger partial charge in [0.2, 0.25) is 5.91 Å². The van der Waals surface area contributed by atoms with E-state index in [9.17, 15) is 22.8 Å². The number of carbonyl (C=O) groups is 2. The van der Waals surface area contributed by atoms with Gasteiger partial charge in [0, 0.05) is 26.7 Å². The first-order valence-electron chi connectivity index (χ1n) is 6.94. The third-order valence-corrected chi connectivity index (χ3v) is 4.15. The number of rotatable bonds is 5. The van der Waals surface area contributed by atoms with E-state index in [-0.39, 0.29) is 19.0 Å². The number of alkyl halides is 3. The summed E-state index contributed by atoms with van der Waals surface area (Å²) in [5.74, 6) is -4.61. The molecule has 0 aromatic rings. The molecular formula is C13H19F3N2O3. The molecule has 1 saturated heterocycles. The lowest BCUT2D eigenvalue weighted by Crippen LogP contribution is -2.39. The van der Waals surface area contributed by atoms with Gasteiger partial charge in [-0.15, -0.1) is 0 Å². The molecule has 8 heteroatoms. The Labute approximate surface area is 120 Å². The van der Waals surface area contributed by atoms with Crippen LogP contribution in [0.15, 0.2) is 0 Å². The van der Waals surface area contributed by atoms with Gasteiger partial charge in [-0.3, -0.25) is 14.5 Å². The topological polar surface area (TPSA) is 60.9 Å². The van der Waals surface area contributed by atoms with Crippen LogP contribution in [-0.2, 0) is 9.59 Å². The summed E-state index contributed by atoms with van der Waals surface area (Å²) in [6, 6.07) is 0. The summed E-state index contributed by atoms with van der Waals surface area (Å²) in [6.45, 7) is -0.191. The van der Waals surface area contributed by atoms with Crippen molar-refractivity contribution in [1.82, 2.24) is 9.80 Å². The molecule has 2 atom stereocenters. The van der Waals surface area contributed by atoms with E-state index in [1.54, 1.807) is 7.05 Å². The van der Waals surface area contributed by atoms with Crippen molar-refractivity contribution < 1.29 is 27.9 Å². The van der Waals surface area contributed by atoms with Gasteiger partial charge in [-0.25, -0.2) is 0 Å². The Morgan fingerprint density at radius 2 is 1.90 bits per heavy atom. The lowest BCUT2D eigenvalue weighted by atomic mass is 9.96. The van der Waals surface area contributed by atoms with Crippen LogP contribution < -0.4 is 0 Å². The minimum absolute atomic E-state index is 0.153. The van der Waals surface area contributed by atoms with Gasteiger partial charge in [0.05, 0.1) is 18.4 Å². The van der Waals surface area contributed by atoms with E-state index in [4.69, 9.17) is 5.11 Å². The highest BCUT2D eigenvalue weighted by atomic mass is 19.4. The highest BCUT2D eigenvalue weighted by Crippen LogP contribution is 2.37. The molecule has 0 aromatic heterocycles. The average molecular weight is 308 g/mol. The van der Waals surface area contributed by atoms with Crippen LogP contribution in [0.4, 0.5) is 13.2 Å². The van der Waals surface area contributed by atoms with E-state index >= 15 is 0 Å². The second-order valence-corrected chi connectivity index (χ2v) is 6.00. The van der Waals surface area contributed by atoms with Gasteiger partial charge in [0.15, 0.2) is 0 Å². The quantitative estimate of drug-likeness (QED) is 0.825.